The molecule has 0 spiro atoms. The van der Waals surface area contributed by atoms with Gasteiger partial charge in [-0.1, -0.05) is 18.6 Å². The Bertz CT molecular complexity index is 417. The Morgan fingerprint density at radius 1 is 1.28 bits per heavy atom. The molecule has 1 saturated heterocycles. The van der Waals surface area contributed by atoms with Crippen LogP contribution < -0.4 is 5.32 Å². The summed E-state index contributed by atoms with van der Waals surface area (Å²) in [6.45, 7) is 1.59. The van der Waals surface area contributed by atoms with E-state index in [1.807, 2.05) is 18.8 Å². The van der Waals surface area contributed by atoms with Gasteiger partial charge >= 0.3 is 0 Å². The van der Waals surface area contributed by atoms with E-state index in [2.05, 4.69) is 5.32 Å². The fraction of sp³-hybridized carbons (Fsp3) is 0.571. The van der Waals surface area contributed by atoms with Crippen LogP contribution in [0.3, 0.4) is 0 Å². The van der Waals surface area contributed by atoms with Gasteiger partial charge < -0.3 is 5.32 Å². The summed E-state index contributed by atoms with van der Waals surface area (Å²) >= 11 is 1.86. The molecule has 2 unspecified atom stereocenters. The molecule has 1 nitrogen and oxygen atoms in total. The van der Waals surface area contributed by atoms with Crippen molar-refractivity contribution < 1.29 is 8.78 Å². The normalized spacial score (nSPS) is 21.9. The molecule has 100 valence electrons. The van der Waals surface area contributed by atoms with Crippen molar-refractivity contribution >= 4 is 11.8 Å². The van der Waals surface area contributed by atoms with Gasteiger partial charge in [0, 0.05) is 16.9 Å². The molecule has 0 amide bonds. The zero-order valence-corrected chi connectivity index (χ0v) is 11.6. The number of aryl methyl sites for hydroxylation is 1. The van der Waals surface area contributed by atoms with Crippen LogP contribution in [0.2, 0.25) is 0 Å². The first-order valence-electron chi connectivity index (χ1n) is 6.38. The molecule has 1 heterocycles. The van der Waals surface area contributed by atoms with E-state index in [1.165, 1.54) is 12.8 Å². The molecule has 1 aromatic rings. The number of halogens is 2. The van der Waals surface area contributed by atoms with E-state index >= 15 is 0 Å². The third-order valence-electron chi connectivity index (χ3n) is 3.54. The van der Waals surface area contributed by atoms with Gasteiger partial charge in [0.25, 0.3) is 0 Å². The van der Waals surface area contributed by atoms with Crippen LogP contribution in [-0.2, 0) is 0 Å². The van der Waals surface area contributed by atoms with Gasteiger partial charge in [-0.15, -0.1) is 0 Å². The Hall–Kier alpha value is -0.610. The van der Waals surface area contributed by atoms with Gasteiger partial charge in [0.1, 0.15) is 0 Å². The Kier molecular flexibility index (Phi) is 4.62. The largest absolute Gasteiger partial charge is 0.312 e. The highest BCUT2D eigenvalue weighted by Gasteiger charge is 2.27. The van der Waals surface area contributed by atoms with E-state index in [-0.39, 0.29) is 6.04 Å². The van der Waals surface area contributed by atoms with Crippen LogP contribution in [0.1, 0.15) is 36.4 Å². The summed E-state index contributed by atoms with van der Waals surface area (Å²) in [6.07, 6.45) is 3.46. The van der Waals surface area contributed by atoms with Crippen LogP contribution in [0.4, 0.5) is 8.78 Å². The minimum atomic E-state index is -0.714. The van der Waals surface area contributed by atoms with Crippen LogP contribution >= 0.6 is 11.8 Å². The number of hydrogen-bond donors (Lipinski definition) is 1. The molecule has 4 heteroatoms. The number of benzene rings is 1. The van der Waals surface area contributed by atoms with Crippen molar-refractivity contribution in [2.45, 2.75) is 37.5 Å². The highest BCUT2D eigenvalue weighted by Crippen LogP contribution is 2.36. The number of nitrogens with one attached hydrogen (secondary N) is 1. The van der Waals surface area contributed by atoms with E-state index in [9.17, 15) is 8.78 Å². The molecule has 1 N–H and O–H groups in total. The minimum Gasteiger partial charge on any atom is -0.312 e. The molecule has 0 saturated carbocycles. The second-order valence-corrected chi connectivity index (χ2v) is 6.12. The summed E-state index contributed by atoms with van der Waals surface area (Å²) in [4.78, 5) is 0. The van der Waals surface area contributed by atoms with E-state index < -0.39 is 11.6 Å². The van der Waals surface area contributed by atoms with E-state index in [1.54, 1.807) is 19.1 Å². The van der Waals surface area contributed by atoms with Crippen LogP contribution in [0.15, 0.2) is 12.1 Å². The van der Waals surface area contributed by atoms with Crippen LogP contribution in [-0.4, -0.2) is 18.1 Å². The van der Waals surface area contributed by atoms with Crippen LogP contribution in [0.5, 0.6) is 0 Å². The Balaban J connectivity index is 2.29. The Morgan fingerprint density at radius 3 is 2.67 bits per heavy atom. The lowest BCUT2D eigenvalue weighted by Crippen LogP contribution is -2.30. The lowest BCUT2D eigenvalue weighted by atomic mass is 9.97. The standard InChI is InChI=1S/C14H19F2NS/c1-9-6-7-10(13(16)12(9)15)14(17-2)11-5-3-4-8-18-11/h6-7,11,14,17H,3-5,8H2,1-2H3. The topological polar surface area (TPSA) is 12.0 Å². The first-order valence-corrected chi connectivity index (χ1v) is 7.43. The van der Waals surface area contributed by atoms with Crippen LogP contribution in [0, 0.1) is 18.6 Å². The predicted octanol–water partition coefficient (Wildman–Crippen LogP) is 3.82. The quantitative estimate of drug-likeness (QED) is 0.897. The van der Waals surface area contributed by atoms with Gasteiger partial charge in [-0.2, -0.15) is 11.8 Å². The summed E-state index contributed by atoms with van der Waals surface area (Å²) in [5, 5.41) is 3.48. The number of hydrogen-bond acceptors (Lipinski definition) is 2. The highest BCUT2D eigenvalue weighted by atomic mass is 32.2. The lowest BCUT2D eigenvalue weighted by molar-refractivity contribution is 0.453. The highest BCUT2D eigenvalue weighted by molar-refractivity contribution is 8.00. The molecule has 1 aliphatic heterocycles. The molecule has 0 aromatic heterocycles. The zero-order valence-electron chi connectivity index (χ0n) is 10.8. The average molecular weight is 271 g/mol. The van der Waals surface area contributed by atoms with Crippen molar-refractivity contribution in [3.63, 3.8) is 0 Å². The lowest BCUT2D eigenvalue weighted by Gasteiger charge is -2.30. The SMILES string of the molecule is CNC(c1ccc(C)c(F)c1F)C1CCCCS1. The fourth-order valence-corrected chi connectivity index (χ4v) is 3.95. The van der Waals surface area contributed by atoms with E-state index in [0.29, 0.717) is 16.4 Å². The van der Waals surface area contributed by atoms with E-state index in [4.69, 9.17) is 0 Å². The van der Waals surface area contributed by atoms with Gasteiger partial charge in [0.15, 0.2) is 11.6 Å². The summed E-state index contributed by atoms with van der Waals surface area (Å²) < 4.78 is 27.7. The summed E-state index contributed by atoms with van der Waals surface area (Å²) in [6, 6.07) is 3.26. The monoisotopic (exact) mass is 271 g/mol. The fourth-order valence-electron chi connectivity index (χ4n) is 2.47. The summed E-state index contributed by atoms with van der Waals surface area (Å²) in [5.41, 5.74) is 0.822. The molecule has 2 rings (SSSR count). The van der Waals surface area contributed by atoms with Crippen molar-refractivity contribution in [1.29, 1.82) is 0 Å². The molecular formula is C14H19F2NS. The van der Waals surface area contributed by atoms with Gasteiger partial charge in [-0.3, -0.25) is 0 Å². The molecule has 1 aliphatic rings. The van der Waals surface area contributed by atoms with Gasteiger partial charge in [-0.25, -0.2) is 8.78 Å². The number of thioether (sulfide) groups is 1. The third-order valence-corrected chi connectivity index (χ3v) is 5.00. The second-order valence-electron chi connectivity index (χ2n) is 4.77. The van der Waals surface area contributed by atoms with Crippen LogP contribution in [0.25, 0.3) is 0 Å². The van der Waals surface area contributed by atoms with Gasteiger partial charge in [0.05, 0.1) is 0 Å². The average Bonchev–Trinajstić information content (AvgIpc) is 2.41. The third kappa shape index (κ3) is 2.69. The molecule has 2 atom stereocenters. The molecule has 0 radical (unpaired) electrons. The maximum absolute atomic E-state index is 14.0. The molecule has 18 heavy (non-hydrogen) atoms. The van der Waals surface area contributed by atoms with Crippen molar-refractivity contribution in [1.82, 2.24) is 5.32 Å². The first-order chi connectivity index (χ1) is 8.65. The molecule has 0 aliphatic carbocycles. The summed E-state index contributed by atoms with van der Waals surface area (Å²) in [5.74, 6) is -0.298. The molecule has 1 fully saturated rings. The Labute approximate surface area is 111 Å². The van der Waals surface area contributed by atoms with Gasteiger partial charge in [-0.05, 0) is 38.1 Å². The Morgan fingerprint density at radius 2 is 2.06 bits per heavy atom. The molecule has 0 bridgehead atoms. The van der Waals surface area contributed by atoms with Crippen molar-refractivity contribution in [2.24, 2.45) is 0 Å². The maximum atomic E-state index is 14.0. The zero-order chi connectivity index (χ0) is 13.1. The molecular weight excluding hydrogens is 252 g/mol. The van der Waals surface area contributed by atoms with Crippen molar-refractivity contribution in [3.05, 3.63) is 34.9 Å². The maximum Gasteiger partial charge on any atom is 0.163 e. The first kappa shape index (κ1) is 13.8. The summed E-state index contributed by atoms with van der Waals surface area (Å²) in [7, 11) is 1.82. The van der Waals surface area contributed by atoms with Crippen molar-refractivity contribution in [3.8, 4) is 0 Å². The van der Waals surface area contributed by atoms with Crippen molar-refractivity contribution in [2.75, 3.05) is 12.8 Å². The number of rotatable bonds is 3. The minimum absolute atomic E-state index is 0.106. The van der Waals surface area contributed by atoms with Gasteiger partial charge in [0.2, 0.25) is 0 Å². The predicted molar refractivity (Wildman–Crippen MR) is 73.0 cm³/mol. The second kappa shape index (κ2) is 6.02. The van der Waals surface area contributed by atoms with E-state index in [0.717, 1.165) is 12.2 Å². The smallest absolute Gasteiger partial charge is 0.163 e. The molecule has 1 aromatic carbocycles.